The van der Waals surface area contributed by atoms with Gasteiger partial charge < -0.3 is 15.7 Å². The first-order chi connectivity index (χ1) is 7.56. The summed E-state index contributed by atoms with van der Waals surface area (Å²) in [6.07, 6.45) is 2.70. The van der Waals surface area contributed by atoms with E-state index in [1.807, 2.05) is 0 Å². The Bertz CT molecular complexity index is 406. The Hall–Kier alpha value is -2.11. The number of hydrogen-bond donors (Lipinski definition) is 3. The summed E-state index contributed by atoms with van der Waals surface area (Å²) >= 11 is 0. The lowest BCUT2D eigenvalue weighted by molar-refractivity contribution is -0.121. The van der Waals surface area contributed by atoms with E-state index >= 15 is 0 Å². The third-order valence-corrected chi connectivity index (χ3v) is 2.06. The zero-order valence-corrected chi connectivity index (χ0v) is 9.02. The molecule has 1 heterocycles. The molecule has 0 aliphatic carbocycles. The highest BCUT2D eigenvalue weighted by Gasteiger charge is 2.15. The zero-order valence-electron chi connectivity index (χ0n) is 9.02. The first-order valence-corrected chi connectivity index (χ1v) is 4.71. The molecule has 6 heteroatoms. The Kier molecular flexibility index (Phi) is 3.82. The van der Waals surface area contributed by atoms with Crippen molar-refractivity contribution >= 4 is 17.6 Å². The van der Waals surface area contributed by atoms with E-state index in [0.29, 0.717) is 5.69 Å². The van der Waals surface area contributed by atoms with E-state index in [2.05, 4.69) is 15.6 Å². The van der Waals surface area contributed by atoms with Crippen molar-refractivity contribution in [1.29, 1.82) is 0 Å². The van der Waals surface area contributed by atoms with Gasteiger partial charge in [0.1, 0.15) is 11.6 Å². The molecule has 0 radical (unpaired) electrons. The molecule has 1 unspecified atom stereocenters. The van der Waals surface area contributed by atoms with E-state index in [1.165, 1.54) is 25.5 Å². The average molecular weight is 223 g/mol. The molecule has 0 fully saturated rings. The summed E-state index contributed by atoms with van der Waals surface area (Å²) in [6, 6.07) is 1.01. The summed E-state index contributed by atoms with van der Waals surface area (Å²) < 4.78 is 0. The number of anilines is 1. The molecular formula is C10H13N3O3. The number of carbonyl (C=O) groups is 2. The highest BCUT2D eigenvalue weighted by molar-refractivity contribution is 5.95. The number of hydrogen-bond acceptors (Lipinski definition) is 4. The Balaban J connectivity index is 2.88. The zero-order chi connectivity index (χ0) is 12.1. The maximum absolute atomic E-state index is 11.3. The first kappa shape index (κ1) is 12.0. The van der Waals surface area contributed by atoms with Gasteiger partial charge in [-0.25, -0.2) is 4.79 Å². The van der Waals surface area contributed by atoms with Crippen molar-refractivity contribution in [2.75, 3.05) is 12.4 Å². The van der Waals surface area contributed by atoms with Gasteiger partial charge in [0.15, 0.2) is 0 Å². The predicted octanol–water partition coefficient (Wildman–Crippen LogP) is 0.326. The molecule has 0 aliphatic rings. The van der Waals surface area contributed by atoms with Crippen molar-refractivity contribution < 1.29 is 14.7 Å². The largest absolute Gasteiger partial charge is 0.478 e. The van der Waals surface area contributed by atoms with Gasteiger partial charge in [0.05, 0.1) is 5.69 Å². The Morgan fingerprint density at radius 2 is 2.19 bits per heavy atom. The fourth-order valence-electron chi connectivity index (χ4n) is 1.21. The fourth-order valence-corrected chi connectivity index (χ4v) is 1.21. The number of amides is 1. The first-order valence-electron chi connectivity index (χ1n) is 4.71. The number of aromatic carboxylic acids is 1. The molecule has 1 aromatic rings. The van der Waals surface area contributed by atoms with Crippen molar-refractivity contribution in [2.24, 2.45) is 0 Å². The van der Waals surface area contributed by atoms with E-state index in [1.54, 1.807) is 6.92 Å². The molecule has 0 saturated heterocycles. The van der Waals surface area contributed by atoms with Crippen LogP contribution in [0.3, 0.4) is 0 Å². The van der Waals surface area contributed by atoms with Gasteiger partial charge in [0.25, 0.3) is 0 Å². The monoisotopic (exact) mass is 223 g/mol. The Morgan fingerprint density at radius 1 is 1.50 bits per heavy atom. The summed E-state index contributed by atoms with van der Waals surface area (Å²) in [7, 11) is 1.52. The minimum absolute atomic E-state index is 0.0400. The quantitative estimate of drug-likeness (QED) is 0.684. The minimum atomic E-state index is -1.08. The maximum atomic E-state index is 11.3. The Morgan fingerprint density at radius 3 is 2.75 bits per heavy atom. The highest BCUT2D eigenvalue weighted by atomic mass is 16.4. The van der Waals surface area contributed by atoms with E-state index in [4.69, 9.17) is 5.11 Å². The lowest BCUT2D eigenvalue weighted by Crippen LogP contribution is -2.35. The topological polar surface area (TPSA) is 91.3 Å². The fraction of sp³-hybridized carbons (Fsp3) is 0.300. The molecule has 6 nitrogen and oxygen atoms in total. The molecular weight excluding hydrogens is 210 g/mol. The second-order valence-electron chi connectivity index (χ2n) is 3.21. The van der Waals surface area contributed by atoms with Crippen molar-refractivity contribution in [3.63, 3.8) is 0 Å². The van der Waals surface area contributed by atoms with Crippen LogP contribution in [0.4, 0.5) is 5.69 Å². The van der Waals surface area contributed by atoms with Crippen molar-refractivity contribution in [2.45, 2.75) is 13.0 Å². The minimum Gasteiger partial charge on any atom is -0.478 e. The second-order valence-corrected chi connectivity index (χ2v) is 3.21. The average Bonchev–Trinajstić information content (AvgIpc) is 2.28. The van der Waals surface area contributed by atoms with Gasteiger partial charge in [-0.05, 0) is 13.0 Å². The van der Waals surface area contributed by atoms with Gasteiger partial charge in [-0.15, -0.1) is 0 Å². The van der Waals surface area contributed by atoms with Crippen molar-refractivity contribution in [3.05, 3.63) is 24.0 Å². The van der Waals surface area contributed by atoms with Gasteiger partial charge in [-0.1, -0.05) is 0 Å². The number of nitrogens with zero attached hydrogens (tertiary/aromatic N) is 1. The molecule has 1 atom stereocenters. The Labute approximate surface area is 92.7 Å². The standard InChI is InChI=1S/C10H13N3O3/c1-6(9(14)11-2)13-8-3-4-12-5-7(8)10(15)16/h3-6H,1-2H3,(H,11,14)(H,12,13)(H,15,16). The molecule has 1 rings (SSSR count). The number of nitrogens with one attached hydrogen (secondary N) is 2. The van der Waals surface area contributed by atoms with Crippen LogP contribution < -0.4 is 10.6 Å². The lowest BCUT2D eigenvalue weighted by atomic mass is 10.2. The van der Waals surface area contributed by atoms with Crippen LogP contribution in [-0.4, -0.2) is 35.1 Å². The predicted molar refractivity (Wildman–Crippen MR) is 58.3 cm³/mol. The molecule has 0 aromatic carbocycles. The number of carbonyl (C=O) groups excluding carboxylic acids is 1. The molecule has 16 heavy (non-hydrogen) atoms. The van der Waals surface area contributed by atoms with Gasteiger partial charge in [-0.2, -0.15) is 0 Å². The van der Waals surface area contributed by atoms with Crippen LogP contribution in [0, 0.1) is 0 Å². The molecule has 0 aliphatic heterocycles. The van der Waals surface area contributed by atoms with Crippen LogP contribution in [0.5, 0.6) is 0 Å². The third-order valence-electron chi connectivity index (χ3n) is 2.06. The van der Waals surface area contributed by atoms with E-state index in [9.17, 15) is 9.59 Å². The van der Waals surface area contributed by atoms with Crippen LogP contribution in [0.1, 0.15) is 17.3 Å². The van der Waals surface area contributed by atoms with Crippen LogP contribution in [0.25, 0.3) is 0 Å². The molecule has 1 aromatic heterocycles. The summed E-state index contributed by atoms with van der Waals surface area (Å²) in [5.74, 6) is -1.30. The number of rotatable bonds is 4. The summed E-state index contributed by atoms with van der Waals surface area (Å²) in [5, 5.41) is 14.2. The summed E-state index contributed by atoms with van der Waals surface area (Å²) in [5.41, 5.74) is 0.414. The van der Waals surface area contributed by atoms with Gasteiger partial charge in [0, 0.05) is 19.4 Å². The van der Waals surface area contributed by atoms with E-state index in [-0.39, 0.29) is 11.5 Å². The van der Waals surface area contributed by atoms with Gasteiger partial charge >= 0.3 is 5.97 Å². The molecule has 0 saturated carbocycles. The van der Waals surface area contributed by atoms with E-state index in [0.717, 1.165) is 0 Å². The van der Waals surface area contributed by atoms with Crippen LogP contribution in [0.15, 0.2) is 18.5 Å². The molecule has 86 valence electrons. The van der Waals surface area contributed by atoms with Crippen molar-refractivity contribution in [1.82, 2.24) is 10.3 Å². The van der Waals surface area contributed by atoms with Crippen LogP contribution in [0.2, 0.25) is 0 Å². The van der Waals surface area contributed by atoms with Crippen LogP contribution in [-0.2, 0) is 4.79 Å². The maximum Gasteiger partial charge on any atom is 0.339 e. The van der Waals surface area contributed by atoms with Crippen LogP contribution >= 0.6 is 0 Å². The van der Waals surface area contributed by atoms with Gasteiger partial charge in [0.2, 0.25) is 5.91 Å². The number of likely N-dealkylation sites (N-methyl/N-ethyl adjacent to an activating group) is 1. The van der Waals surface area contributed by atoms with Crippen molar-refractivity contribution in [3.8, 4) is 0 Å². The molecule has 3 N–H and O–H groups in total. The van der Waals surface area contributed by atoms with E-state index < -0.39 is 12.0 Å². The smallest absolute Gasteiger partial charge is 0.339 e. The summed E-state index contributed by atoms with van der Waals surface area (Å²) in [6.45, 7) is 1.64. The number of carboxylic acids is 1. The number of carboxylic acid groups (broad SMARTS) is 1. The summed E-state index contributed by atoms with van der Waals surface area (Å²) in [4.78, 5) is 25.8. The normalized spacial score (nSPS) is 11.6. The SMILES string of the molecule is CNC(=O)C(C)Nc1ccncc1C(=O)O. The second kappa shape index (κ2) is 5.11. The number of pyridine rings is 1. The number of aromatic nitrogens is 1. The molecule has 0 bridgehead atoms. The highest BCUT2D eigenvalue weighted by Crippen LogP contribution is 2.14. The lowest BCUT2D eigenvalue weighted by Gasteiger charge is -2.14. The van der Waals surface area contributed by atoms with Gasteiger partial charge in [-0.3, -0.25) is 9.78 Å². The third kappa shape index (κ3) is 2.69. The molecule has 0 spiro atoms. The molecule has 1 amide bonds.